The van der Waals surface area contributed by atoms with Crippen LogP contribution in [0.5, 0.6) is 0 Å². The third kappa shape index (κ3) is 2.85. The van der Waals surface area contributed by atoms with Crippen LogP contribution >= 0.6 is 0 Å². The molecule has 0 saturated carbocycles. The third-order valence-electron chi connectivity index (χ3n) is 4.59. The van der Waals surface area contributed by atoms with Crippen LogP contribution in [-0.4, -0.2) is 68.8 Å². The van der Waals surface area contributed by atoms with E-state index in [0.29, 0.717) is 25.4 Å². The number of aromatic amines is 1. The summed E-state index contributed by atoms with van der Waals surface area (Å²) in [5.74, 6) is -0.369. The first-order valence-electron chi connectivity index (χ1n) is 8.06. The molecule has 2 aliphatic rings. The number of ether oxygens (including phenoxy) is 2. The molecule has 2 aliphatic heterocycles. The quantitative estimate of drug-likeness (QED) is 0.807. The summed E-state index contributed by atoms with van der Waals surface area (Å²) >= 11 is 0. The van der Waals surface area contributed by atoms with E-state index >= 15 is 0 Å². The lowest BCUT2D eigenvalue weighted by Crippen LogP contribution is -2.46. The van der Waals surface area contributed by atoms with Crippen molar-refractivity contribution < 1.29 is 14.3 Å². The molecule has 24 heavy (non-hydrogen) atoms. The van der Waals surface area contributed by atoms with Crippen LogP contribution < -0.4 is 5.56 Å². The molecule has 0 amide bonds. The number of carbonyl (C=O) groups is 1. The number of fused-ring (bicyclic) bond motifs is 1. The zero-order valence-corrected chi connectivity index (χ0v) is 13.2. The van der Waals surface area contributed by atoms with Crippen LogP contribution in [0, 0.1) is 0 Å². The molecule has 2 aromatic rings. The molecule has 0 radical (unpaired) electrons. The van der Waals surface area contributed by atoms with Gasteiger partial charge in [-0.15, -0.1) is 0 Å². The fourth-order valence-electron chi connectivity index (χ4n) is 3.33. The zero-order chi connectivity index (χ0) is 16.6. The van der Waals surface area contributed by atoms with Gasteiger partial charge in [0.25, 0.3) is 5.56 Å². The molecule has 0 unspecified atom stereocenters. The lowest BCUT2D eigenvalue weighted by atomic mass is 10.0. The van der Waals surface area contributed by atoms with Crippen molar-refractivity contribution in [3.63, 3.8) is 0 Å². The fourth-order valence-corrected chi connectivity index (χ4v) is 3.33. The van der Waals surface area contributed by atoms with Crippen LogP contribution in [-0.2, 0) is 20.8 Å². The molecule has 128 valence electrons. The van der Waals surface area contributed by atoms with E-state index in [9.17, 15) is 9.59 Å². The first-order valence-corrected chi connectivity index (χ1v) is 8.06. The number of carbonyl (C=O) groups excluding carboxylic acids is 1. The summed E-state index contributed by atoms with van der Waals surface area (Å²) in [4.78, 5) is 36.7. The summed E-state index contributed by atoms with van der Waals surface area (Å²) in [5.41, 5.74) is 0.377. The maximum Gasteiger partial charge on any atom is 0.278 e. The highest BCUT2D eigenvalue weighted by Crippen LogP contribution is 2.31. The molecule has 4 rings (SSSR count). The number of aromatic nitrogens is 4. The predicted octanol–water partition coefficient (Wildman–Crippen LogP) is -0.472. The Morgan fingerprint density at radius 2 is 1.96 bits per heavy atom. The number of hydrogen-bond acceptors (Lipinski definition) is 7. The minimum absolute atomic E-state index is 0.0561. The van der Waals surface area contributed by atoms with Crippen LogP contribution in [0.25, 0.3) is 11.2 Å². The summed E-state index contributed by atoms with van der Waals surface area (Å²) in [6.45, 7) is 3.36. The van der Waals surface area contributed by atoms with E-state index < -0.39 is 5.79 Å². The van der Waals surface area contributed by atoms with E-state index in [-0.39, 0.29) is 23.4 Å². The van der Waals surface area contributed by atoms with E-state index in [0.717, 1.165) is 25.9 Å². The maximum atomic E-state index is 12.4. The van der Waals surface area contributed by atoms with E-state index in [4.69, 9.17) is 9.47 Å². The second-order valence-corrected chi connectivity index (χ2v) is 6.20. The van der Waals surface area contributed by atoms with Crippen molar-refractivity contribution in [3.05, 3.63) is 23.0 Å². The summed E-state index contributed by atoms with van der Waals surface area (Å²) < 4.78 is 13.0. The number of rotatable bonds is 4. The molecule has 9 heteroatoms. The minimum Gasteiger partial charge on any atom is -0.347 e. The van der Waals surface area contributed by atoms with Gasteiger partial charge in [0.05, 0.1) is 39.0 Å². The molecule has 0 aliphatic carbocycles. The van der Waals surface area contributed by atoms with Crippen molar-refractivity contribution in [3.8, 4) is 0 Å². The average molecular weight is 333 g/mol. The number of piperidine rings is 1. The van der Waals surface area contributed by atoms with Crippen molar-refractivity contribution in [2.24, 2.45) is 0 Å². The average Bonchev–Trinajstić information content (AvgIpc) is 3.19. The Hall–Kier alpha value is -2.10. The topological polar surface area (TPSA) is 102 Å². The number of ketones is 1. The Kier molecular flexibility index (Phi) is 3.91. The van der Waals surface area contributed by atoms with E-state index in [1.165, 1.54) is 12.7 Å². The number of likely N-dealkylation sites (tertiary alicyclic amines) is 1. The number of hydrogen-bond donors (Lipinski definition) is 1. The first-order chi connectivity index (χ1) is 11.7. The molecule has 1 spiro atoms. The summed E-state index contributed by atoms with van der Waals surface area (Å²) in [5, 5.41) is 0. The number of nitrogens with zero attached hydrogens (tertiary/aromatic N) is 4. The van der Waals surface area contributed by atoms with Gasteiger partial charge in [0.1, 0.15) is 0 Å². The van der Waals surface area contributed by atoms with Crippen molar-refractivity contribution in [1.82, 2.24) is 24.4 Å². The molecular weight excluding hydrogens is 314 g/mol. The number of nitrogens with one attached hydrogen (secondary N) is 1. The summed E-state index contributed by atoms with van der Waals surface area (Å²) in [6.07, 6.45) is 4.37. The Bertz CT molecular complexity index is 798. The van der Waals surface area contributed by atoms with Gasteiger partial charge in [-0.2, -0.15) is 0 Å². The van der Waals surface area contributed by atoms with Gasteiger partial charge in [0.2, 0.25) is 0 Å². The third-order valence-corrected chi connectivity index (χ3v) is 4.59. The van der Waals surface area contributed by atoms with Crippen molar-refractivity contribution in [1.29, 1.82) is 0 Å². The highest BCUT2D eigenvalue weighted by molar-refractivity contribution is 5.82. The number of Topliss-reactive ketones (excluding diaryl/α,β-unsaturated/α-hetero) is 1. The molecule has 0 aromatic carbocycles. The van der Waals surface area contributed by atoms with Gasteiger partial charge >= 0.3 is 0 Å². The van der Waals surface area contributed by atoms with Crippen LogP contribution in [0.15, 0.2) is 17.4 Å². The number of H-pyrrole nitrogens is 1. The Morgan fingerprint density at radius 1 is 1.21 bits per heavy atom. The molecule has 0 bridgehead atoms. The van der Waals surface area contributed by atoms with Gasteiger partial charge in [-0.1, -0.05) is 0 Å². The van der Waals surface area contributed by atoms with Crippen molar-refractivity contribution >= 4 is 16.9 Å². The molecule has 1 N–H and O–H groups in total. The van der Waals surface area contributed by atoms with Gasteiger partial charge in [0.15, 0.2) is 22.7 Å². The first kappa shape index (κ1) is 15.4. The van der Waals surface area contributed by atoms with Gasteiger partial charge in [-0.3, -0.25) is 14.5 Å². The largest absolute Gasteiger partial charge is 0.347 e. The Morgan fingerprint density at radius 3 is 2.71 bits per heavy atom. The highest BCUT2D eigenvalue weighted by atomic mass is 16.7. The predicted molar refractivity (Wildman–Crippen MR) is 83.5 cm³/mol. The van der Waals surface area contributed by atoms with Crippen LogP contribution in [0.4, 0.5) is 0 Å². The lowest BCUT2D eigenvalue weighted by molar-refractivity contribution is -0.185. The molecule has 2 aromatic heterocycles. The standard InChI is InChI=1S/C15H19N5O4/c21-11(7-19-3-1-15(2-4-19)23-5-6-24-15)8-20-10-18-12-13(20)16-9-17-14(12)22/h9-10H,1-8H2,(H,16,17,22). The lowest BCUT2D eigenvalue weighted by Gasteiger charge is -2.37. The molecule has 2 fully saturated rings. The van der Waals surface area contributed by atoms with Crippen LogP contribution in [0.1, 0.15) is 12.8 Å². The normalized spacial score (nSPS) is 20.8. The SMILES string of the molecule is O=C(CN1CCC2(CC1)OCCO2)Cn1cnc2c(=O)[nH]cnc21. The fraction of sp³-hybridized carbons (Fsp3) is 0.600. The Balaban J connectivity index is 1.37. The molecule has 9 nitrogen and oxygen atoms in total. The smallest absolute Gasteiger partial charge is 0.278 e. The second kappa shape index (κ2) is 6.08. The van der Waals surface area contributed by atoms with E-state index in [2.05, 4.69) is 19.9 Å². The van der Waals surface area contributed by atoms with Gasteiger partial charge in [-0.25, -0.2) is 9.97 Å². The van der Waals surface area contributed by atoms with Crippen LogP contribution in [0.3, 0.4) is 0 Å². The summed E-state index contributed by atoms with van der Waals surface area (Å²) in [7, 11) is 0. The van der Waals surface area contributed by atoms with Gasteiger partial charge in [0, 0.05) is 25.9 Å². The van der Waals surface area contributed by atoms with E-state index in [1.54, 1.807) is 4.57 Å². The van der Waals surface area contributed by atoms with Crippen molar-refractivity contribution in [2.75, 3.05) is 32.8 Å². The monoisotopic (exact) mass is 333 g/mol. The minimum atomic E-state index is -0.426. The molecule has 2 saturated heterocycles. The molecule has 4 heterocycles. The molecular formula is C15H19N5O4. The van der Waals surface area contributed by atoms with E-state index in [1.807, 2.05) is 0 Å². The van der Waals surface area contributed by atoms with Crippen molar-refractivity contribution in [2.45, 2.75) is 25.2 Å². The maximum absolute atomic E-state index is 12.4. The second-order valence-electron chi connectivity index (χ2n) is 6.20. The molecule has 0 atom stereocenters. The van der Waals surface area contributed by atoms with Gasteiger partial charge < -0.3 is 19.0 Å². The van der Waals surface area contributed by atoms with Crippen LogP contribution in [0.2, 0.25) is 0 Å². The summed E-state index contributed by atoms with van der Waals surface area (Å²) in [6, 6.07) is 0. The number of imidazole rings is 1. The zero-order valence-electron chi connectivity index (χ0n) is 13.2. The Labute approximate surface area is 137 Å². The van der Waals surface area contributed by atoms with Gasteiger partial charge in [-0.05, 0) is 0 Å². The highest BCUT2D eigenvalue weighted by Gasteiger charge is 2.39.